The first kappa shape index (κ1) is 26.8. The topological polar surface area (TPSA) is 79.5 Å². The van der Waals surface area contributed by atoms with Crippen molar-refractivity contribution in [2.45, 2.75) is 27.2 Å². The zero-order valence-electron chi connectivity index (χ0n) is 19.7. The number of rotatable bonds is 9. The SMILES string of the molecule is CCNC(=NCCc1ccc(OCC)c(OCC)c1)N1CCN(C(=O)c2ccco2)CC1.I. The van der Waals surface area contributed by atoms with Crippen LogP contribution in [0.3, 0.4) is 0 Å². The average molecular weight is 570 g/mol. The summed E-state index contributed by atoms with van der Waals surface area (Å²) in [6.07, 6.45) is 2.33. The minimum atomic E-state index is -0.0582. The summed E-state index contributed by atoms with van der Waals surface area (Å²) in [7, 11) is 0. The molecule has 1 amide bonds. The zero-order valence-corrected chi connectivity index (χ0v) is 22.0. The Kier molecular flexibility index (Phi) is 11.4. The molecule has 0 radical (unpaired) electrons. The molecule has 1 N–H and O–H groups in total. The first-order valence-corrected chi connectivity index (χ1v) is 11.4. The number of aliphatic imine (C=N–C) groups is 1. The first-order chi connectivity index (χ1) is 15.7. The average Bonchev–Trinajstić information content (AvgIpc) is 3.35. The van der Waals surface area contributed by atoms with Gasteiger partial charge in [0.1, 0.15) is 0 Å². The molecule has 1 saturated heterocycles. The summed E-state index contributed by atoms with van der Waals surface area (Å²) in [5.74, 6) is 2.77. The van der Waals surface area contributed by atoms with Gasteiger partial charge < -0.3 is 29.0 Å². The van der Waals surface area contributed by atoms with E-state index in [1.54, 1.807) is 12.1 Å². The lowest BCUT2D eigenvalue weighted by molar-refractivity contribution is 0.0657. The summed E-state index contributed by atoms with van der Waals surface area (Å²) < 4.78 is 16.6. The molecule has 0 unspecified atom stereocenters. The molecule has 182 valence electrons. The molecule has 1 aromatic carbocycles. The van der Waals surface area contributed by atoms with Crippen molar-refractivity contribution in [2.24, 2.45) is 4.99 Å². The highest BCUT2D eigenvalue weighted by molar-refractivity contribution is 14.0. The molecule has 1 aromatic heterocycles. The third kappa shape index (κ3) is 7.55. The Bertz CT molecular complexity index is 881. The van der Waals surface area contributed by atoms with Crippen LogP contribution in [0.25, 0.3) is 0 Å². The third-order valence-corrected chi connectivity index (χ3v) is 5.20. The monoisotopic (exact) mass is 570 g/mol. The standard InChI is InChI=1S/C24H34N4O4.HI/c1-4-25-24(28-15-13-27(14-16-28)23(29)21-8-7-17-32-21)26-12-11-19-9-10-20(30-5-2)22(18-19)31-6-3;/h7-10,17-18H,4-6,11-16H2,1-3H3,(H,25,26);1H. The molecule has 2 aromatic rings. The second-order valence-electron chi connectivity index (χ2n) is 7.39. The van der Waals surface area contributed by atoms with Crippen molar-refractivity contribution >= 4 is 35.8 Å². The number of ether oxygens (including phenoxy) is 2. The number of furan rings is 1. The maximum atomic E-state index is 12.5. The highest BCUT2D eigenvalue weighted by Crippen LogP contribution is 2.28. The molecule has 9 heteroatoms. The fraction of sp³-hybridized carbons (Fsp3) is 0.500. The maximum Gasteiger partial charge on any atom is 0.289 e. The highest BCUT2D eigenvalue weighted by atomic mass is 127. The van der Waals surface area contributed by atoms with Crippen molar-refractivity contribution in [1.29, 1.82) is 0 Å². The fourth-order valence-corrected chi connectivity index (χ4v) is 3.65. The van der Waals surface area contributed by atoms with E-state index in [1.807, 2.05) is 30.9 Å². The van der Waals surface area contributed by atoms with Gasteiger partial charge in [0.15, 0.2) is 23.2 Å². The molecule has 2 heterocycles. The quantitative estimate of drug-likeness (QED) is 0.282. The molecule has 1 aliphatic heterocycles. The molecule has 1 fully saturated rings. The Morgan fingerprint density at radius 1 is 1.03 bits per heavy atom. The van der Waals surface area contributed by atoms with Gasteiger partial charge in [0.25, 0.3) is 5.91 Å². The van der Waals surface area contributed by atoms with E-state index in [0.717, 1.165) is 49.1 Å². The molecule has 1 aliphatic rings. The minimum Gasteiger partial charge on any atom is -0.490 e. The van der Waals surface area contributed by atoms with Crippen molar-refractivity contribution in [3.8, 4) is 11.5 Å². The number of carbonyl (C=O) groups excluding carboxylic acids is 1. The number of amides is 1. The van der Waals surface area contributed by atoms with Crippen LogP contribution >= 0.6 is 24.0 Å². The van der Waals surface area contributed by atoms with Crippen LogP contribution in [-0.4, -0.2) is 74.1 Å². The Balaban J connectivity index is 0.00000385. The van der Waals surface area contributed by atoms with E-state index in [9.17, 15) is 4.79 Å². The van der Waals surface area contributed by atoms with E-state index in [2.05, 4.69) is 23.2 Å². The number of piperazine rings is 1. The minimum absolute atomic E-state index is 0. The number of hydrogen-bond acceptors (Lipinski definition) is 5. The number of hydrogen-bond donors (Lipinski definition) is 1. The van der Waals surface area contributed by atoms with E-state index >= 15 is 0 Å². The molecule has 33 heavy (non-hydrogen) atoms. The maximum absolute atomic E-state index is 12.5. The normalized spacial score (nSPS) is 14.0. The van der Waals surface area contributed by atoms with E-state index in [-0.39, 0.29) is 29.9 Å². The van der Waals surface area contributed by atoms with Crippen molar-refractivity contribution in [2.75, 3.05) is 52.5 Å². The Morgan fingerprint density at radius 3 is 2.36 bits per heavy atom. The Hall–Kier alpha value is -2.43. The number of nitrogens with zero attached hydrogens (tertiary/aromatic N) is 3. The number of halogens is 1. The molecule has 0 spiro atoms. The lowest BCUT2D eigenvalue weighted by Gasteiger charge is -2.36. The Morgan fingerprint density at radius 2 is 1.73 bits per heavy atom. The van der Waals surface area contributed by atoms with Crippen molar-refractivity contribution in [3.05, 3.63) is 47.9 Å². The summed E-state index contributed by atoms with van der Waals surface area (Å²) in [5.41, 5.74) is 1.16. The van der Waals surface area contributed by atoms with E-state index in [1.165, 1.54) is 6.26 Å². The summed E-state index contributed by atoms with van der Waals surface area (Å²) in [6, 6.07) is 9.51. The zero-order chi connectivity index (χ0) is 22.8. The summed E-state index contributed by atoms with van der Waals surface area (Å²) in [5, 5.41) is 3.38. The van der Waals surface area contributed by atoms with Gasteiger partial charge in [0.05, 0.1) is 19.5 Å². The molecule has 0 aliphatic carbocycles. The number of benzene rings is 1. The van der Waals surface area contributed by atoms with E-state index < -0.39 is 0 Å². The lowest BCUT2D eigenvalue weighted by Crippen LogP contribution is -2.53. The van der Waals surface area contributed by atoms with Crippen LogP contribution in [0, 0.1) is 0 Å². The van der Waals surface area contributed by atoms with E-state index in [4.69, 9.17) is 18.9 Å². The van der Waals surface area contributed by atoms with Crippen molar-refractivity contribution < 1.29 is 18.7 Å². The van der Waals surface area contributed by atoms with Crippen LogP contribution in [0.2, 0.25) is 0 Å². The van der Waals surface area contributed by atoms with Gasteiger partial charge in [0.2, 0.25) is 0 Å². The predicted octanol–water partition coefficient (Wildman–Crippen LogP) is 3.66. The van der Waals surface area contributed by atoms with Crippen LogP contribution in [0.15, 0.2) is 46.0 Å². The first-order valence-electron chi connectivity index (χ1n) is 11.4. The molecule has 3 rings (SSSR count). The van der Waals surface area contributed by atoms with Gasteiger partial charge in [-0.05, 0) is 57.0 Å². The van der Waals surface area contributed by atoms with Gasteiger partial charge in [-0.2, -0.15) is 0 Å². The van der Waals surface area contributed by atoms with Crippen LogP contribution < -0.4 is 14.8 Å². The molecular formula is C24H35IN4O4. The van der Waals surface area contributed by atoms with Gasteiger partial charge in [-0.3, -0.25) is 9.79 Å². The van der Waals surface area contributed by atoms with Gasteiger partial charge in [-0.1, -0.05) is 6.07 Å². The molecule has 8 nitrogen and oxygen atoms in total. The fourth-order valence-electron chi connectivity index (χ4n) is 3.65. The van der Waals surface area contributed by atoms with Crippen LogP contribution in [0.4, 0.5) is 0 Å². The summed E-state index contributed by atoms with van der Waals surface area (Å²) in [4.78, 5) is 21.3. The Labute approximate surface area is 213 Å². The molecule has 0 atom stereocenters. The molecular weight excluding hydrogens is 535 g/mol. The predicted molar refractivity (Wildman–Crippen MR) is 140 cm³/mol. The molecule has 0 bridgehead atoms. The second kappa shape index (κ2) is 14.0. The number of carbonyl (C=O) groups is 1. The summed E-state index contributed by atoms with van der Waals surface area (Å²) >= 11 is 0. The summed E-state index contributed by atoms with van der Waals surface area (Å²) in [6.45, 7) is 11.4. The van der Waals surface area contributed by atoms with Gasteiger partial charge >= 0.3 is 0 Å². The van der Waals surface area contributed by atoms with E-state index in [0.29, 0.717) is 38.6 Å². The third-order valence-electron chi connectivity index (χ3n) is 5.20. The van der Waals surface area contributed by atoms with Crippen LogP contribution in [0.5, 0.6) is 11.5 Å². The van der Waals surface area contributed by atoms with Crippen LogP contribution in [0.1, 0.15) is 36.9 Å². The van der Waals surface area contributed by atoms with Gasteiger partial charge in [-0.15, -0.1) is 24.0 Å². The largest absolute Gasteiger partial charge is 0.490 e. The van der Waals surface area contributed by atoms with Gasteiger partial charge in [0, 0.05) is 39.3 Å². The number of guanidine groups is 1. The smallest absolute Gasteiger partial charge is 0.289 e. The number of nitrogens with one attached hydrogen (secondary N) is 1. The van der Waals surface area contributed by atoms with Crippen molar-refractivity contribution in [3.63, 3.8) is 0 Å². The van der Waals surface area contributed by atoms with Crippen molar-refractivity contribution in [1.82, 2.24) is 15.1 Å². The van der Waals surface area contributed by atoms with Gasteiger partial charge in [-0.25, -0.2) is 0 Å². The second-order valence-corrected chi connectivity index (χ2v) is 7.39. The van der Waals surface area contributed by atoms with Crippen LogP contribution in [-0.2, 0) is 6.42 Å². The lowest BCUT2D eigenvalue weighted by atomic mass is 10.1. The molecule has 0 saturated carbocycles. The highest BCUT2D eigenvalue weighted by Gasteiger charge is 2.25.